The van der Waals surface area contributed by atoms with E-state index < -0.39 is 6.10 Å². The van der Waals surface area contributed by atoms with Gasteiger partial charge < -0.3 is 14.9 Å². The molecule has 2 unspecified atom stereocenters. The van der Waals surface area contributed by atoms with Crippen molar-refractivity contribution in [2.24, 2.45) is 11.8 Å². The number of rotatable bonds is 11. The number of nitrogens with zero attached hydrogens (tertiary/aromatic N) is 3. The van der Waals surface area contributed by atoms with Crippen molar-refractivity contribution >= 4 is 11.6 Å². The van der Waals surface area contributed by atoms with Gasteiger partial charge >= 0.3 is 0 Å². The van der Waals surface area contributed by atoms with Gasteiger partial charge in [-0.15, -0.1) is 21.8 Å². The fourth-order valence-corrected chi connectivity index (χ4v) is 4.47. The summed E-state index contributed by atoms with van der Waals surface area (Å²) in [6.45, 7) is 1.24. The summed E-state index contributed by atoms with van der Waals surface area (Å²) in [6.07, 6.45) is 4.65. The molecule has 0 radical (unpaired) electrons. The molecule has 1 fully saturated rings. The van der Waals surface area contributed by atoms with E-state index in [1.54, 1.807) is 0 Å². The fraction of sp³-hybridized carbons (Fsp3) is 0.650. The molecule has 1 aromatic heterocycles. The van der Waals surface area contributed by atoms with Gasteiger partial charge in [0.1, 0.15) is 0 Å². The third kappa shape index (κ3) is 5.98. The molecule has 3 rings (SSSR count). The number of hydrogen-bond acceptors (Lipinski definition) is 6. The van der Waals surface area contributed by atoms with Crippen LogP contribution in [0.4, 0.5) is 0 Å². The van der Waals surface area contributed by atoms with Gasteiger partial charge in [-0.1, -0.05) is 29.5 Å². The van der Waals surface area contributed by atoms with Crippen LogP contribution in [0.25, 0.3) is 0 Å². The highest BCUT2D eigenvalue weighted by Gasteiger charge is 2.41. The highest BCUT2D eigenvalue weighted by atomic mass is 35.5. The lowest BCUT2D eigenvalue weighted by atomic mass is 9.89. The van der Waals surface area contributed by atoms with E-state index in [4.69, 9.17) is 16.3 Å². The number of aliphatic hydroxyl groups is 2. The molecule has 0 spiro atoms. The maximum atomic E-state index is 10.4. The molecule has 28 heavy (non-hydrogen) atoms. The van der Waals surface area contributed by atoms with Gasteiger partial charge in [-0.3, -0.25) is 0 Å². The van der Waals surface area contributed by atoms with Gasteiger partial charge in [-0.05, 0) is 49.1 Å². The summed E-state index contributed by atoms with van der Waals surface area (Å²) >= 11 is 6.53. The number of aromatic amines is 1. The Morgan fingerprint density at radius 3 is 2.82 bits per heavy atom. The topological polar surface area (TPSA) is 104 Å². The van der Waals surface area contributed by atoms with Gasteiger partial charge in [0.15, 0.2) is 5.82 Å². The summed E-state index contributed by atoms with van der Waals surface area (Å²) in [5.41, 5.74) is 2.12. The van der Waals surface area contributed by atoms with Gasteiger partial charge in [-0.2, -0.15) is 5.21 Å². The van der Waals surface area contributed by atoms with Crippen LogP contribution in [0.2, 0.25) is 0 Å². The number of hydrogen-bond donors (Lipinski definition) is 3. The van der Waals surface area contributed by atoms with Crippen molar-refractivity contribution in [2.75, 3.05) is 13.2 Å². The maximum Gasteiger partial charge on any atom is 0.174 e. The summed E-state index contributed by atoms with van der Waals surface area (Å²) in [4.78, 5) is 0. The molecule has 0 saturated heterocycles. The molecule has 7 nitrogen and oxygen atoms in total. The van der Waals surface area contributed by atoms with Crippen molar-refractivity contribution in [1.29, 1.82) is 0 Å². The molecule has 2 aromatic rings. The standard InChI is InChI=1S/C20H29ClN4O3/c21-18-11-19(27)17(13-28-9-2-1-6-20-22-24-25-23-20)16(18)8-7-14-4-3-5-15(10-14)12-26/h3-5,10,16-19,26-27H,1-2,6-9,11-13H2,(H,22,23,24,25)/t16-,17-,18?,19?/m1/s1. The molecule has 154 valence electrons. The first-order chi connectivity index (χ1) is 13.7. The first kappa shape index (κ1) is 21.2. The number of halogens is 1. The molecule has 1 aliphatic carbocycles. The number of aromatic nitrogens is 4. The van der Waals surface area contributed by atoms with Crippen LogP contribution in [-0.2, 0) is 24.2 Å². The molecule has 0 amide bonds. The zero-order chi connectivity index (χ0) is 19.8. The van der Waals surface area contributed by atoms with E-state index in [0.29, 0.717) is 19.6 Å². The quantitative estimate of drug-likeness (QED) is 0.389. The molecule has 1 heterocycles. The van der Waals surface area contributed by atoms with Crippen molar-refractivity contribution in [3.8, 4) is 0 Å². The molecule has 1 aromatic carbocycles. The third-order valence-electron chi connectivity index (χ3n) is 5.55. The smallest absolute Gasteiger partial charge is 0.174 e. The largest absolute Gasteiger partial charge is 0.393 e. The van der Waals surface area contributed by atoms with E-state index in [1.165, 1.54) is 5.56 Å². The first-order valence-corrected chi connectivity index (χ1v) is 10.4. The highest BCUT2D eigenvalue weighted by Crippen LogP contribution is 2.39. The molecular formula is C20H29ClN4O3. The summed E-state index contributed by atoms with van der Waals surface area (Å²) in [5, 5.41) is 33.5. The van der Waals surface area contributed by atoms with E-state index >= 15 is 0 Å². The molecule has 1 aliphatic rings. The fourth-order valence-electron chi connectivity index (χ4n) is 3.98. The molecule has 3 N–H and O–H groups in total. The van der Waals surface area contributed by atoms with Crippen molar-refractivity contribution in [1.82, 2.24) is 20.6 Å². The Kier molecular flexibility index (Phi) is 8.21. The zero-order valence-electron chi connectivity index (χ0n) is 16.0. The van der Waals surface area contributed by atoms with Crippen LogP contribution in [0.1, 0.15) is 42.6 Å². The van der Waals surface area contributed by atoms with Crippen LogP contribution in [0, 0.1) is 11.8 Å². The van der Waals surface area contributed by atoms with E-state index in [2.05, 4.69) is 26.7 Å². The molecule has 0 bridgehead atoms. The first-order valence-electron chi connectivity index (χ1n) is 9.98. The second-order valence-corrected chi connectivity index (χ2v) is 8.08. The van der Waals surface area contributed by atoms with Crippen LogP contribution in [-0.4, -0.2) is 55.5 Å². The lowest BCUT2D eigenvalue weighted by Crippen LogP contribution is -2.26. The Morgan fingerprint density at radius 2 is 2.04 bits per heavy atom. The van der Waals surface area contributed by atoms with Gasteiger partial charge in [0, 0.05) is 24.3 Å². The van der Waals surface area contributed by atoms with Gasteiger partial charge in [0.25, 0.3) is 0 Å². The van der Waals surface area contributed by atoms with E-state index in [1.807, 2.05) is 18.2 Å². The predicted octanol–water partition coefficient (Wildman–Crippen LogP) is 2.27. The average Bonchev–Trinajstić information content (AvgIpc) is 3.31. The summed E-state index contributed by atoms with van der Waals surface area (Å²) < 4.78 is 5.86. The van der Waals surface area contributed by atoms with Crippen molar-refractivity contribution in [2.45, 2.75) is 56.6 Å². The highest BCUT2D eigenvalue weighted by molar-refractivity contribution is 6.21. The SMILES string of the molecule is OCc1cccc(CC[C@H]2C(Cl)CC(O)[C@@H]2COCCCCc2nn[nH]n2)c1. The number of tetrazole rings is 1. The van der Waals surface area contributed by atoms with E-state index in [9.17, 15) is 10.2 Å². The zero-order valence-corrected chi connectivity index (χ0v) is 16.8. The molecule has 8 heteroatoms. The third-order valence-corrected chi connectivity index (χ3v) is 6.06. The van der Waals surface area contributed by atoms with Gasteiger partial charge in [0.2, 0.25) is 0 Å². The monoisotopic (exact) mass is 408 g/mol. The number of aryl methyl sites for hydroxylation is 2. The van der Waals surface area contributed by atoms with Crippen molar-refractivity contribution in [3.05, 3.63) is 41.2 Å². The molecule has 0 aliphatic heterocycles. The Bertz CT molecular complexity index is 701. The number of H-pyrrole nitrogens is 1. The Hall–Kier alpha value is -1.54. The lowest BCUT2D eigenvalue weighted by Gasteiger charge is -2.23. The minimum atomic E-state index is -0.407. The number of nitrogens with one attached hydrogen (secondary N) is 1. The Balaban J connectivity index is 1.41. The molecule has 1 saturated carbocycles. The lowest BCUT2D eigenvalue weighted by molar-refractivity contribution is 0.0262. The maximum absolute atomic E-state index is 10.4. The minimum Gasteiger partial charge on any atom is -0.393 e. The summed E-state index contributed by atoms with van der Waals surface area (Å²) in [6, 6.07) is 7.99. The van der Waals surface area contributed by atoms with Gasteiger partial charge in [-0.25, -0.2) is 0 Å². The molecule has 4 atom stereocenters. The van der Waals surface area contributed by atoms with Crippen molar-refractivity contribution in [3.63, 3.8) is 0 Å². The van der Waals surface area contributed by atoms with Crippen LogP contribution in [0.5, 0.6) is 0 Å². The van der Waals surface area contributed by atoms with Crippen molar-refractivity contribution < 1.29 is 14.9 Å². The van der Waals surface area contributed by atoms with E-state index in [0.717, 1.165) is 43.5 Å². The Morgan fingerprint density at radius 1 is 1.18 bits per heavy atom. The summed E-state index contributed by atoms with van der Waals surface area (Å²) in [7, 11) is 0. The van der Waals surface area contributed by atoms with Crippen LogP contribution in [0.15, 0.2) is 24.3 Å². The number of ether oxygens (including phenoxy) is 1. The second-order valence-electron chi connectivity index (χ2n) is 7.52. The Labute approximate surface area is 170 Å². The molecular weight excluding hydrogens is 380 g/mol. The average molecular weight is 409 g/mol. The number of aliphatic hydroxyl groups excluding tert-OH is 2. The van der Waals surface area contributed by atoms with Crippen LogP contribution < -0.4 is 0 Å². The normalized spacial score (nSPS) is 24.7. The minimum absolute atomic E-state index is 0.0251. The number of alkyl halides is 1. The van der Waals surface area contributed by atoms with E-state index in [-0.39, 0.29) is 23.8 Å². The number of unbranched alkanes of at least 4 members (excludes halogenated alkanes) is 1. The van der Waals surface area contributed by atoms with Crippen LogP contribution in [0.3, 0.4) is 0 Å². The van der Waals surface area contributed by atoms with Gasteiger partial charge in [0.05, 0.1) is 19.3 Å². The number of benzene rings is 1. The predicted molar refractivity (Wildman–Crippen MR) is 106 cm³/mol. The van der Waals surface area contributed by atoms with Crippen LogP contribution >= 0.6 is 11.6 Å². The second kappa shape index (κ2) is 10.9. The summed E-state index contributed by atoms with van der Waals surface area (Å²) in [5.74, 6) is 1.02.